The second kappa shape index (κ2) is 6.44. The van der Waals surface area contributed by atoms with Gasteiger partial charge in [-0.1, -0.05) is 11.6 Å². The summed E-state index contributed by atoms with van der Waals surface area (Å²) in [7, 11) is 1.87. The summed E-state index contributed by atoms with van der Waals surface area (Å²) in [5.41, 5.74) is 0.640. The quantitative estimate of drug-likeness (QED) is 0.498. The number of nitrogens with one attached hydrogen (secondary N) is 1. The van der Waals surface area contributed by atoms with Gasteiger partial charge in [0.05, 0.1) is 4.92 Å². The van der Waals surface area contributed by atoms with E-state index in [-0.39, 0.29) is 5.69 Å². The molecule has 8 heteroatoms. The standard InChI is InChI=1S/C12H14ClN5O2/c1-17-8-15-16-12(17)4-5-14-7-9-2-3-10(13)6-11(9)18(19)20/h2-3,6,8,14H,4-5,7H2,1H3. The summed E-state index contributed by atoms with van der Waals surface area (Å²) < 4.78 is 1.84. The van der Waals surface area contributed by atoms with Gasteiger partial charge in [0, 0.05) is 43.2 Å². The lowest BCUT2D eigenvalue weighted by atomic mass is 10.2. The van der Waals surface area contributed by atoms with Crippen LogP contribution in [0.3, 0.4) is 0 Å². The number of rotatable bonds is 6. The summed E-state index contributed by atoms with van der Waals surface area (Å²) in [4.78, 5) is 10.5. The van der Waals surface area contributed by atoms with Crippen molar-refractivity contribution in [1.82, 2.24) is 20.1 Å². The van der Waals surface area contributed by atoms with Gasteiger partial charge in [0.15, 0.2) is 0 Å². The van der Waals surface area contributed by atoms with E-state index >= 15 is 0 Å². The van der Waals surface area contributed by atoms with Crippen LogP contribution in [-0.2, 0) is 20.0 Å². The minimum Gasteiger partial charge on any atom is -0.321 e. The molecule has 0 saturated heterocycles. The maximum absolute atomic E-state index is 10.9. The molecule has 0 unspecified atom stereocenters. The minimum atomic E-state index is -0.425. The molecule has 1 N–H and O–H groups in total. The Morgan fingerprint density at radius 3 is 2.95 bits per heavy atom. The predicted molar refractivity (Wildman–Crippen MR) is 74.5 cm³/mol. The number of aromatic nitrogens is 3. The van der Waals surface area contributed by atoms with E-state index in [4.69, 9.17) is 11.6 Å². The third-order valence-electron chi connectivity index (χ3n) is 2.89. The van der Waals surface area contributed by atoms with E-state index in [1.54, 1.807) is 18.5 Å². The summed E-state index contributed by atoms with van der Waals surface area (Å²) in [6, 6.07) is 4.67. The average molecular weight is 296 g/mol. The molecule has 1 heterocycles. The molecule has 0 atom stereocenters. The zero-order chi connectivity index (χ0) is 14.5. The first-order valence-electron chi connectivity index (χ1n) is 6.04. The summed E-state index contributed by atoms with van der Waals surface area (Å²) in [6.07, 6.45) is 2.34. The normalized spacial score (nSPS) is 10.7. The maximum atomic E-state index is 10.9. The van der Waals surface area contributed by atoms with Crippen molar-refractivity contribution in [2.24, 2.45) is 7.05 Å². The molecule has 1 aromatic carbocycles. The second-order valence-electron chi connectivity index (χ2n) is 4.31. The van der Waals surface area contributed by atoms with Crippen molar-refractivity contribution < 1.29 is 4.92 Å². The van der Waals surface area contributed by atoms with E-state index in [0.29, 0.717) is 30.1 Å². The van der Waals surface area contributed by atoms with Crippen LogP contribution in [0.15, 0.2) is 24.5 Å². The van der Waals surface area contributed by atoms with Gasteiger partial charge < -0.3 is 9.88 Å². The summed E-state index contributed by atoms with van der Waals surface area (Å²) in [5.74, 6) is 0.864. The van der Waals surface area contributed by atoms with Crippen molar-refractivity contribution in [1.29, 1.82) is 0 Å². The zero-order valence-corrected chi connectivity index (χ0v) is 11.7. The lowest BCUT2D eigenvalue weighted by Gasteiger charge is -2.06. The Morgan fingerprint density at radius 2 is 2.30 bits per heavy atom. The van der Waals surface area contributed by atoms with Crippen LogP contribution < -0.4 is 5.32 Å². The third kappa shape index (κ3) is 3.52. The Bertz CT molecular complexity index is 614. The number of benzene rings is 1. The second-order valence-corrected chi connectivity index (χ2v) is 4.75. The monoisotopic (exact) mass is 295 g/mol. The number of nitrogens with zero attached hydrogens (tertiary/aromatic N) is 4. The predicted octanol–water partition coefficient (Wildman–Crippen LogP) is 1.71. The van der Waals surface area contributed by atoms with Crippen LogP contribution in [0.1, 0.15) is 11.4 Å². The number of hydrogen-bond donors (Lipinski definition) is 1. The fourth-order valence-corrected chi connectivity index (χ4v) is 1.98. The van der Waals surface area contributed by atoms with Crippen LogP contribution in [0, 0.1) is 10.1 Å². The molecule has 0 aliphatic heterocycles. The smallest absolute Gasteiger partial charge is 0.275 e. The molecule has 0 spiro atoms. The van der Waals surface area contributed by atoms with Crippen LogP contribution in [0.5, 0.6) is 0 Å². The number of nitro benzene ring substituents is 1. The average Bonchev–Trinajstić information content (AvgIpc) is 2.81. The molecule has 2 rings (SSSR count). The van der Waals surface area contributed by atoms with Crippen LogP contribution in [0.4, 0.5) is 5.69 Å². The summed E-state index contributed by atoms with van der Waals surface area (Å²) in [5, 5.41) is 22.2. The van der Waals surface area contributed by atoms with Gasteiger partial charge in [-0.15, -0.1) is 10.2 Å². The summed E-state index contributed by atoms with van der Waals surface area (Å²) in [6.45, 7) is 1.07. The lowest BCUT2D eigenvalue weighted by Crippen LogP contribution is -2.18. The van der Waals surface area contributed by atoms with E-state index in [1.807, 2.05) is 11.6 Å². The fraction of sp³-hybridized carbons (Fsp3) is 0.333. The Labute approximate surface area is 120 Å². The van der Waals surface area contributed by atoms with E-state index in [2.05, 4.69) is 15.5 Å². The Hall–Kier alpha value is -1.99. The molecular formula is C12H14ClN5O2. The fourth-order valence-electron chi connectivity index (χ4n) is 1.81. The topological polar surface area (TPSA) is 85.9 Å². The zero-order valence-electron chi connectivity index (χ0n) is 10.9. The maximum Gasteiger partial charge on any atom is 0.275 e. The number of hydrogen-bond acceptors (Lipinski definition) is 5. The lowest BCUT2D eigenvalue weighted by molar-refractivity contribution is -0.385. The van der Waals surface area contributed by atoms with Crippen LogP contribution in [-0.4, -0.2) is 26.2 Å². The highest BCUT2D eigenvalue weighted by Crippen LogP contribution is 2.22. The molecule has 2 aromatic rings. The van der Waals surface area contributed by atoms with Crippen molar-refractivity contribution in [2.75, 3.05) is 6.54 Å². The van der Waals surface area contributed by atoms with Crippen molar-refractivity contribution in [2.45, 2.75) is 13.0 Å². The molecule has 0 aliphatic rings. The highest BCUT2D eigenvalue weighted by atomic mass is 35.5. The van der Waals surface area contributed by atoms with Crippen LogP contribution in [0.25, 0.3) is 0 Å². The van der Waals surface area contributed by atoms with Gasteiger partial charge >= 0.3 is 0 Å². The Kier molecular flexibility index (Phi) is 4.65. The number of aryl methyl sites for hydroxylation is 1. The van der Waals surface area contributed by atoms with E-state index in [9.17, 15) is 10.1 Å². The van der Waals surface area contributed by atoms with Gasteiger partial charge in [-0.25, -0.2) is 0 Å². The molecule has 20 heavy (non-hydrogen) atoms. The van der Waals surface area contributed by atoms with Crippen molar-refractivity contribution in [3.05, 3.63) is 51.1 Å². The van der Waals surface area contributed by atoms with Gasteiger partial charge in [0.1, 0.15) is 12.2 Å². The molecule has 0 aliphatic carbocycles. The van der Waals surface area contributed by atoms with Crippen LogP contribution >= 0.6 is 11.6 Å². The van der Waals surface area contributed by atoms with Gasteiger partial charge in [-0.05, 0) is 12.1 Å². The van der Waals surface area contributed by atoms with Crippen LogP contribution in [0.2, 0.25) is 5.02 Å². The minimum absolute atomic E-state index is 0.0312. The molecular weight excluding hydrogens is 282 g/mol. The highest BCUT2D eigenvalue weighted by molar-refractivity contribution is 6.30. The first-order valence-corrected chi connectivity index (χ1v) is 6.42. The first-order chi connectivity index (χ1) is 9.58. The van der Waals surface area contributed by atoms with Gasteiger partial charge in [-0.2, -0.15) is 0 Å². The SMILES string of the molecule is Cn1cnnc1CCNCc1ccc(Cl)cc1[N+](=O)[O-]. The molecule has 0 amide bonds. The number of nitro groups is 1. The molecule has 7 nitrogen and oxygen atoms in total. The molecule has 0 fully saturated rings. The Balaban J connectivity index is 1.91. The third-order valence-corrected chi connectivity index (χ3v) is 3.13. The first kappa shape index (κ1) is 14.4. The van der Waals surface area contributed by atoms with Gasteiger partial charge in [0.2, 0.25) is 0 Å². The molecule has 0 radical (unpaired) electrons. The number of halogens is 1. The Morgan fingerprint density at radius 1 is 1.50 bits per heavy atom. The van der Waals surface area contributed by atoms with Gasteiger partial charge in [0.25, 0.3) is 5.69 Å². The van der Waals surface area contributed by atoms with Crippen molar-refractivity contribution in [3.63, 3.8) is 0 Å². The molecule has 1 aromatic heterocycles. The van der Waals surface area contributed by atoms with Crippen molar-refractivity contribution >= 4 is 17.3 Å². The van der Waals surface area contributed by atoms with Gasteiger partial charge in [-0.3, -0.25) is 10.1 Å². The molecule has 0 bridgehead atoms. The summed E-state index contributed by atoms with van der Waals surface area (Å²) >= 11 is 5.76. The molecule has 106 valence electrons. The molecule has 0 saturated carbocycles. The largest absolute Gasteiger partial charge is 0.321 e. The van der Waals surface area contributed by atoms with E-state index in [1.165, 1.54) is 6.07 Å². The van der Waals surface area contributed by atoms with Crippen molar-refractivity contribution in [3.8, 4) is 0 Å². The highest BCUT2D eigenvalue weighted by Gasteiger charge is 2.13. The van der Waals surface area contributed by atoms with E-state index < -0.39 is 4.92 Å². The van der Waals surface area contributed by atoms with E-state index in [0.717, 1.165) is 5.82 Å².